The lowest BCUT2D eigenvalue weighted by Crippen LogP contribution is -2.51. The van der Waals surface area contributed by atoms with Crippen LogP contribution in [0.3, 0.4) is 0 Å². The third kappa shape index (κ3) is 6.76. The molecule has 25 heavy (non-hydrogen) atoms. The van der Waals surface area contributed by atoms with Crippen molar-refractivity contribution >= 4 is 28.3 Å². The predicted octanol–water partition coefficient (Wildman–Crippen LogP) is 2.58. The van der Waals surface area contributed by atoms with Gasteiger partial charge in [-0.25, -0.2) is 9.10 Å². The number of carbonyl (C=O) groups excluding carboxylic acids is 1. The van der Waals surface area contributed by atoms with E-state index in [-0.39, 0.29) is 24.6 Å². The van der Waals surface area contributed by atoms with E-state index in [9.17, 15) is 9.00 Å². The van der Waals surface area contributed by atoms with Gasteiger partial charge in [-0.3, -0.25) is 10.1 Å². The van der Waals surface area contributed by atoms with E-state index < -0.39 is 11.1 Å². The first kappa shape index (κ1) is 20.5. The minimum absolute atomic E-state index is 0.00478. The van der Waals surface area contributed by atoms with Crippen molar-refractivity contribution < 1.29 is 23.4 Å². The van der Waals surface area contributed by atoms with Gasteiger partial charge in [0, 0.05) is 19.0 Å². The molecule has 1 aliphatic heterocycles. The molecule has 1 aromatic rings. The lowest BCUT2D eigenvalue weighted by atomic mass is 9.99. The normalized spacial score (nSPS) is 22.9. The average molecular weight is 391 g/mol. The molecule has 0 bridgehead atoms. The van der Waals surface area contributed by atoms with Crippen molar-refractivity contribution in [1.29, 1.82) is 0 Å². The Morgan fingerprint density at radius 2 is 2.36 bits per heavy atom. The standard InChI is InChI=1S/C16H26N2O5S2/c1-12(2)5-6-15(19)17-13-7-8-18(14(10-13)11-22-20)23-25(21)16-4-3-9-24-16/h3-4,9,12-14,20H,5-8,10-11H2,1-2H3,(H,17,19). The van der Waals surface area contributed by atoms with Crippen LogP contribution >= 0.6 is 11.3 Å². The first-order chi connectivity index (χ1) is 12.0. The zero-order valence-electron chi connectivity index (χ0n) is 14.6. The summed E-state index contributed by atoms with van der Waals surface area (Å²) in [5, 5.41) is 15.3. The van der Waals surface area contributed by atoms with Crippen molar-refractivity contribution in [2.75, 3.05) is 13.2 Å². The Bertz CT molecular complexity index is 553. The summed E-state index contributed by atoms with van der Waals surface area (Å²) < 4.78 is 18.4. The number of thiophene rings is 1. The average Bonchev–Trinajstić information content (AvgIpc) is 3.10. The molecule has 0 aromatic carbocycles. The number of amides is 1. The predicted molar refractivity (Wildman–Crippen MR) is 96.1 cm³/mol. The van der Waals surface area contributed by atoms with Crippen LogP contribution in [0.4, 0.5) is 0 Å². The number of hydrogen-bond acceptors (Lipinski definition) is 7. The maximum Gasteiger partial charge on any atom is 0.220 e. The minimum atomic E-state index is -1.58. The SMILES string of the molecule is CC(C)CCC(=O)NC1CCN(OS(=O)c2cccs2)C(COO)C1. The van der Waals surface area contributed by atoms with Crippen LogP contribution in [-0.4, -0.2) is 45.7 Å². The largest absolute Gasteiger partial charge is 0.353 e. The van der Waals surface area contributed by atoms with E-state index >= 15 is 0 Å². The molecule has 0 radical (unpaired) electrons. The second-order valence-corrected chi connectivity index (χ2v) is 8.82. The second kappa shape index (κ2) is 10.3. The van der Waals surface area contributed by atoms with Crippen LogP contribution in [0, 0.1) is 5.92 Å². The van der Waals surface area contributed by atoms with Crippen molar-refractivity contribution in [2.45, 2.75) is 55.8 Å². The summed E-state index contributed by atoms with van der Waals surface area (Å²) in [6.45, 7) is 4.71. The van der Waals surface area contributed by atoms with Crippen molar-refractivity contribution in [3.63, 3.8) is 0 Å². The van der Waals surface area contributed by atoms with Gasteiger partial charge in [-0.05, 0) is 36.6 Å². The highest BCUT2D eigenvalue weighted by atomic mass is 32.2. The molecule has 1 fully saturated rings. The minimum Gasteiger partial charge on any atom is -0.353 e. The molecule has 3 unspecified atom stereocenters. The van der Waals surface area contributed by atoms with E-state index in [2.05, 4.69) is 24.1 Å². The molecule has 1 aliphatic rings. The van der Waals surface area contributed by atoms with Gasteiger partial charge >= 0.3 is 0 Å². The smallest absolute Gasteiger partial charge is 0.220 e. The van der Waals surface area contributed by atoms with Crippen LogP contribution in [-0.2, 0) is 25.0 Å². The van der Waals surface area contributed by atoms with Crippen LogP contribution in [0.5, 0.6) is 0 Å². The quantitative estimate of drug-likeness (QED) is 0.498. The molecule has 142 valence electrons. The lowest BCUT2D eigenvalue weighted by molar-refractivity contribution is -0.267. The Kier molecular flexibility index (Phi) is 8.47. The van der Waals surface area contributed by atoms with Crippen LogP contribution in [0.15, 0.2) is 21.7 Å². The summed E-state index contributed by atoms with van der Waals surface area (Å²) in [5.74, 6) is 0.530. The molecule has 1 amide bonds. The monoisotopic (exact) mass is 390 g/mol. The number of hydroxylamine groups is 2. The van der Waals surface area contributed by atoms with E-state index in [4.69, 9.17) is 9.54 Å². The van der Waals surface area contributed by atoms with E-state index in [0.717, 1.165) is 6.42 Å². The topological polar surface area (TPSA) is 88.1 Å². The molecule has 1 aromatic heterocycles. The third-order valence-corrected chi connectivity index (χ3v) is 6.22. The molecular formula is C16H26N2O5S2. The van der Waals surface area contributed by atoms with Crippen molar-refractivity contribution in [1.82, 2.24) is 10.4 Å². The summed E-state index contributed by atoms with van der Waals surface area (Å²) in [7, 11) is 0. The number of nitrogens with one attached hydrogen (secondary N) is 1. The third-order valence-electron chi connectivity index (χ3n) is 4.07. The lowest BCUT2D eigenvalue weighted by Gasteiger charge is -2.37. The molecule has 3 atom stereocenters. The van der Waals surface area contributed by atoms with Gasteiger partial charge in [0.15, 0.2) is 0 Å². The molecule has 0 spiro atoms. The van der Waals surface area contributed by atoms with Crippen LogP contribution < -0.4 is 5.32 Å². The summed E-state index contributed by atoms with van der Waals surface area (Å²) in [5.41, 5.74) is 0. The van der Waals surface area contributed by atoms with Gasteiger partial charge < -0.3 is 5.32 Å². The van der Waals surface area contributed by atoms with Crippen molar-refractivity contribution in [3.8, 4) is 0 Å². The van der Waals surface area contributed by atoms with E-state index in [1.807, 2.05) is 11.4 Å². The Labute approximate surface area is 154 Å². The van der Waals surface area contributed by atoms with Crippen molar-refractivity contribution in [3.05, 3.63) is 17.5 Å². The Balaban J connectivity index is 1.86. The summed E-state index contributed by atoms with van der Waals surface area (Å²) >= 11 is -0.223. The van der Waals surface area contributed by atoms with Crippen LogP contribution in [0.1, 0.15) is 39.5 Å². The zero-order valence-corrected chi connectivity index (χ0v) is 16.2. The van der Waals surface area contributed by atoms with Gasteiger partial charge in [0.05, 0.1) is 12.6 Å². The number of nitrogens with zero attached hydrogens (tertiary/aromatic N) is 1. The fourth-order valence-electron chi connectivity index (χ4n) is 2.70. The second-order valence-electron chi connectivity index (χ2n) is 6.55. The van der Waals surface area contributed by atoms with E-state index in [0.29, 0.717) is 35.9 Å². The molecule has 1 saturated heterocycles. The summed E-state index contributed by atoms with van der Waals surface area (Å²) in [4.78, 5) is 16.3. The van der Waals surface area contributed by atoms with Gasteiger partial charge in [0.25, 0.3) is 0 Å². The first-order valence-corrected chi connectivity index (χ1v) is 10.4. The Morgan fingerprint density at radius 3 is 3.00 bits per heavy atom. The molecule has 2 heterocycles. The Hall–Kier alpha value is -0.840. The fraction of sp³-hybridized carbons (Fsp3) is 0.688. The van der Waals surface area contributed by atoms with Gasteiger partial charge in [0.2, 0.25) is 17.0 Å². The molecule has 9 heteroatoms. The van der Waals surface area contributed by atoms with Gasteiger partial charge in [-0.15, -0.1) is 11.3 Å². The van der Waals surface area contributed by atoms with Crippen molar-refractivity contribution in [2.24, 2.45) is 5.92 Å². The van der Waals surface area contributed by atoms with E-state index in [1.54, 1.807) is 11.1 Å². The highest BCUT2D eigenvalue weighted by molar-refractivity contribution is 7.82. The zero-order chi connectivity index (χ0) is 18.2. The maximum absolute atomic E-state index is 12.2. The molecule has 0 saturated carbocycles. The van der Waals surface area contributed by atoms with E-state index in [1.165, 1.54) is 11.3 Å². The molecule has 2 rings (SSSR count). The number of carbonyl (C=O) groups is 1. The molecule has 7 nitrogen and oxygen atoms in total. The van der Waals surface area contributed by atoms with Gasteiger partial charge in [-0.1, -0.05) is 19.9 Å². The number of rotatable bonds is 9. The maximum atomic E-state index is 12.2. The summed E-state index contributed by atoms with van der Waals surface area (Å²) in [6.07, 6.45) is 2.63. The van der Waals surface area contributed by atoms with Gasteiger partial charge in [0.1, 0.15) is 4.21 Å². The fourth-order valence-corrected chi connectivity index (χ4v) is 4.35. The van der Waals surface area contributed by atoms with Crippen LogP contribution in [0.2, 0.25) is 0 Å². The molecule has 0 aliphatic carbocycles. The molecule has 2 N–H and O–H groups in total. The Morgan fingerprint density at radius 1 is 1.56 bits per heavy atom. The molecular weight excluding hydrogens is 364 g/mol. The number of piperidine rings is 1. The number of hydrogen-bond donors (Lipinski definition) is 2. The summed E-state index contributed by atoms with van der Waals surface area (Å²) in [6, 6.07) is 3.28. The highest BCUT2D eigenvalue weighted by Gasteiger charge is 2.32. The van der Waals surface area contributed by atoms with Gasteiger partial charge in [-0.2, -0.15) is 9.35 Å². The highest BCUT2D eigenvalue weighted by Crippen LogP contribution is 2.23. The van der Waals surface area contributed by atoms with Crippen LogP contribution in [0.25, 0.3) is 0 Å². The first-order valence-electron chi connectivity index (χ1n) is 8.45.